The van der Waals surface area contributed by atoms with Gasteiger partial charge in [0.25, 0.3) is 0 Å². The number of halogens is 2. The number of nitrogens with zero attached hydrogens (tertiary/aromatic N) is 1. The van der Waals surface area contributed by atoms with Gasteiger partial charge >= 0.3 is 0 Å². The highest BCUT2D eigenvalue weighted by atomic mass is 35.5. The van der Waals surface area contributed by atoms with Gasteiger partial charge in [0.1, 0.15) is 17.0 Å². The Morgan fingerprint density at radius 1 is 0.808 bits per heavy atom. The second-order valence-corrected chi connectivity index (χ2v) is 7.49. The number of hydrogen-bond acceptors (Lipinski definition) is 3. The number of phenolic OH excluding ortho intramolecular Hbond substituents is 1. The minimum absolute atomic E-state index is 0.198. The van der Waals surface area contributed by atoms with Crippen LogP contribution >= 0.6 is 23.2 Å². The Morgan fingerprint density at radius 3 is 1.96 bits per heavy atom. The molecule has 0 aliphatic carbocycles. The van der Waals surface area contributed by atoms with Gasteiger partial charge in [-0.05, 0) is 47.5 Å². The lowest BCUT2D eigenvalue weighted by Gasteiger charge is -2.19. The van der Waals surface area contributed by atoms with Crippen molar-refractivity contribution in [3.63, 3.8) is 0 Å². The summed E-state index contributed by atoms with van der Waals surface area (Å²) >= 11 is 13.7. The van der Waals surface area contributed by atoms with Crippen molar-refractivity contribution in [2.45, 2.75) is 10.00 Å². The van der Waals surface area contributed by atoms with E-state index in [9.17, 15) is 5.11 Å². The fraction of sp³-hybridized carbons (Fsp3) is 0.143. The van der Waals surface area contributed by atoms with Crippen LogP contribution in [-0.4, -0.2) is 16.7 Å². The lowest BCUT2D eigenvalue weighted by Crippen LogP contribution is -2.19. The van der Waals surface area contributed by atoms with Gasteiger partial charge in [-0.1, -0.05) is 65.7 Å². The molecule has 1 N–H and O–H groups in total. The first kappa shape index (κ1) is 17.1. The third-order valence-corrected chi connectivity index (χ3v) is 5.69. The number of aromatic hydroxyl groups is 1. The van der Waals surface area contributed by atoms with Crippen molar-refractivity contribution in [3.05, 3.63) is 90.0 Å². The lowest BCUT2D eigenvalue weighted by molar-refractivity contribution is 0.415. The Kier molecular flexibility index (Phi) is 4.02. The van der Waals surface area contributed by atoms with Crippen LogP contribution in [0.15, 0.2) is 78.9 Å². The minimum atomic E-state index is -1.17. The molecule has 1 heterocycles. The first-order chi connectivity index (χ1) is 12.5. The second kappa shape index (κ2) is 6.11. The fourth-order valence-corrected chi connectivity index (χ4v) is 4.52. The number of hydrogen-bond donors (Lipinski definition) is 1. The van der Waals surface area contributed by atoms with Crippen LogP contribution in [0.5, 0.6) is 11.5 Å². The molecule has 1 saturated heterocycles. The van der Waals surface area contributed by atoms with Gasteiger partial charge in [0.05, 0.1) is 7.11 Å². The molecule has 0 aromatic heterocycles. The second-order valence-electron chi connectivity index (χ2n) is 6.20. The summed E-state index contributed by atoms with van der Waals surface area (Å²) in [6, 6.07) is 24.5. The van der Waals surface area contributed by atoms with E-state index in [1.807, 2.05) is 71.6 Å². The third-order valence-electron chi connectivity index (χ3n) is 4.81. The van der Waals surface area contributed by atoms with E-state index in [-0.39, 0.29) is 5.75 Å². The summed E-state index contributed by atoms with van der Waals surface area (Å²) in [5.74, 6) is 0.962. The maximum Gasteiger partial charge on any atom is 0.223 e. The predicted molar refractivity (Wildman–Crippen MR) is 105 cm³/mol. The van der Waals surface area contributed by atoms with E-state index < -0.39 is 10.00 Å². The molecule has 132 valence electrons. The zero-order valence-corrected chi connectivity index (χ0v) is 15.6. The molecule has 3 aromatic rings. The van der Waals surface area contributed by atoms with Crippen LogP contribution in [0.1, 0.15) is 11.1 Å². The van der Waals surface area contributed by atoms with Gasteiger partial charge in [-0.2, -0.15) is 0 Å². The molecular formula is C21H17Cl2NO2. The van der Waals surface area contributed by atoms with Crippen molar-refractivity contribution in [2.24, 2.45) is 0 Å². The molecule has 26 heavy (non-hydrogen) atoms. The summed E-state index contributed by atoms with van der Waals surface area (Å²) in [7, 11) is 1.63. The lowest BCUT2D eigenvalue weighted by atomic mass is 9.90. The summed E-state index contributed by atoms with van der Waals surface area (Å²) < 4.78 is 4.08. The number of alkyl halides is 2. The summed E-state index contributed by atoms with van der Waals surface area (Å²) in [6.45, 7) is 0. The van der Waals surface area contributed by atoms with E-state index in [4.69, 9.17) is 27.9 Å². The predicted octanol–water partition coefficient (Wildman–Crippen LogP) is 5.30. The minimum Gasteiger partial charge on any atom is -0.508 e. The first-order valence-corrected chi connectivity index (χ1v) is 8.94. The van der Waals surface area contributed by atoms with Crippen LogP contribution < -0.4 is 9.64 Å². The maximum atomic E-state index is 9.69. The molecule has 0 bridgehead atoms. The average molecular weight is 386 g/mol. The van der Waals surface area contributed by atoms with Crippen molar-refractivity contribution >= 4 is 28.9 Å². The van der Waals surface area contributed by atoms with E-state index in [2.05, 4.69) is 0 Å². The highest BCUT2D eigenvalue weighted by molar-refractivity contribution is 6.54. The first-order valence-electron chi connectivity index (χ1n) is 8.19. The van der Waals surface area contributed by atoms with Gasteiger partial charge in [0.15, 0.2) is 0 Å². The van der Waals surface area contributed by atoms with Crippen molar-refractivity contribution in [3.8, 4) is 11.5 Å². The Balaban J connectivity index is 1.89. The SMILES string of the molecule is COc1ccc(N2C(Cl)(Cl)C2(c2ccccc2)c2ccc(O)cc2)cc1. The average Bonchev–Trinajstić information content (AvgIpc) is 3.20. The van der Waals surface area contributed by atoms with Gasteiger partial charge in [0, 0.05) is 5.69 Å². The Labute approximate surface area is 162 Å². The molecule has 1 fully saturated rings. The fourth-order valence-electron chi connectivity index (χ4n) is 3.55. The number of benzene rings is 3. The number of rotatable bonds is 4. The van der Waals surface area contributed by atoms with Crippen LogP contribution in [0.3, 0.4) is 0 Å². The quantitative estimate of drug-likeness (QED) is 0.375. The molecule has 1 aliphatic heterocycles. The van der Waals surface area contributed by atoms with Crippen molar-refractivity contribution < 1.29 is 9.84 Å². The molecule has 0 saturated carbocycles. The van der Waals surface area contributed by atoms with E-state index in [0.717, 1.165) is 22.6 Å². The standard InChI is InChI=1S/C21H17Cl2NO2/c1-26-19-13-9-17(10-14-19)24-20(21(24,22)23,15-5-3-2-4-6-15)16-7-11-18(25)12-8-16/h2-14,25H,1H3. The zero-order valence-electron chi connectivity index (χ0n) is 14.1. The Bertz CT molecular complexity index is 911. The smallest absolute Gasteiger partial charge is 0.223 e. The van der Waals surface area contributed by atoms with Gasteiger partial charge < -0.3 is 14.7 Å². The van der Waals surface area contributed by atoms with Crippen LogP contribution in [0.25, 0.3) is 0 Å². The Hall–Kier alpha value is -2.36. The number of anilines is 1. The summed E-state index contributed by atoms with van der Waals surface area (Å²) in [4.78, 5) is 1.96. The van der Waals surface area contributed by atoms with Crippen LogP contribution in [0, 0.1) is 0 Å². The molecule has 0 radical (unpaired) electrons. The van der Waals surface area contributed by atoms with Crippen LogP contribution in [0.2, 0.25) is 0 Å². The van der Waals surface area contributed by atoms with Gasteiger partial charge in [0.2, 0.25) is 4.46 Å². The van der Waals surface area contributed by atoms with Gasteiger partial charge in [-0.3, -0.25) is 0 Å². The molecule has 4 rings (SSSR count). The summed E-state index contributed by atoms with van der Waals surface area (Å²) in [6.07, 6.45) is 0. The third kappa shape index (κ3) is 2.35. The van der Waals surface area contributed by atoms with E-state index >= 15 is 0 Å². The molecule has 1 aliphatic rings. The molecule has 5 heteroatoms. The van der Waals surface area contributed by atoms with E-state index in [1.165, 1.54) is 0 Å². The van der Waals surface area contributed by atoms with Gasteiger partial charge in [-0.15, -0.1) is 0 Å². The molecule has 0 spiro atoms. The van der Waals surface area contributed by atoms with Gasteiger partial charge in [-0.25, -0.2) is 0 Å². The highest BCUT2D eigenvalue weighted by Gasteiger charge is 2.76. The van der Waals surface area contributed by atoms with E-state index in [0.29, 0.717) is 0 Å². The summed E-state index contributed by atoms with van der Waals surface area (Å²) in [5.41, 5.74) is 2.01. The Morgan fingerprint density at radius 2 is 1.38 bits per heavy atom. The number of methoxy groups -OCH3 is 1. The highest BCUT2D eigenvalue weighted by Crippen LogP contribution is 2.69. The molecule has 1 unspecified atom stereocenters. The normalized spacial score (nSPS) is 20.7. The number of phenols is 1. The molecular weight excluding hydrogens is 369 g/mol. The van der Waals surface area contributed by atoms with Crippen LogP contribution in [0.4, 0.5) is 5.69 Å². The zero-order chi connectivity index (χ0) is 18.4. The van der Waals surface area contributed by atoms with Crippen molar-refractivity contribution in [1.82, 2.24) is 0 Å². The topological polar surface area (TPSA) is 32.5 Å². The largest absolute Gasteiger partial charge is 0.508 e. The van der Waals surface area contributed by atoms with Crippen molar-refractivity contribution in [2.75, 3.05) is 12.0 Å². The molecule has 3 nitrogen and oxygen atoms in total. The monoisotopic (exact) mass is 385 g/mol. The maximum absolute atomic E-state index is 9.69. The van der Waals surface area contributed by atoms with Crippen molar-refractivity contribution in [1.29, 1.82) is 0 Å². The van der Waals surface area contributed by atoms with E-state index in [1.54, 1.807) is 19.2 Å². The number of ether oxygens (including phenoxy) is 1. The van der Waals surface area contributed by atoms with Crippen LogP contribution in [-0.2, 0) is 5.54 Å². The summed E-state index contributed by atoms with van der Waals surface area (Å²) in [5, 5.41) is 9.69. The molecule has 0 amide bonds. The molecule has 1 atom stereocenters. The molecule has 3 aromatic carbocycles.